The van der Waals surface area contributed by atoms with Gasteiger partial charge in [-0.3, -0.25) is 20.2 Å². The van der Waals surface area contributed by atoms with Crippen molar-refractivity contribution in [1.29, 1.82) is 0 Å². The topological polar surface area (TPSA) is 124 Å². The van der Waals surface area contributed by atoms with Crippen LogP contribution in [0.15, 0.2) is 87.8 Å². The molecule has 2 aromatic carbocycles. The maximum absolute atomic E-state index is 13.1. The van der Waals surface area contributed by atoms with Gasteiger partial charge in [0, 0.05) is 29.4 Å². The lowest BCUT2D eigenvalue weighted by Crippen LogP contribution is -2.33. The van der Waals surface area contributed by atoms with E-state index in [9.17, 15) is 19.7 Å². The number of hydrogen-bond acceptors (Lipinski definition) is 7. The third kappa shape index (κ3) is 4.63. The Morgan fingerprint density at radius 1 is 1.08 bits per heavy atom. The Bertz CT molecular complexity index is 1480. The summed E-state index contributed by atoms with van der Waals surface area (Å²) in [7, 11) is 0. The number of nitro benzene ring substituents is 1. The predicted octanol–water partition coefficient (Wildman–Crippen LogP) is 6.34. The van der Waals surface area contributed by atoms with Crippen LogP contribution in [0, 0.1) is 17.0 Å². The second-order valence-electron chi connectivity index (χ2n) is 9.02. The van der Waals surface area contributed by atoms with Gasteiger partial charge < -0.3 is 14.5 Å². The molecule has 1 atom stereocenters. The second-order valence-corrected chi connectivity index (χ2v) is 9.02. The Labute approximate surface area is 213 Å². The fourth-order valence-corrected chi connectivity index (χ4v) is 4.81. The van der Waals surface area contributed by atoms with Crippen LogP contribution in [0.4, 0.5) is 16.2 Å². The third-order valence-electron chi connectivity index (χ3n) is 6.58. The maximum atomic E-state index is 13.1. The highest BCUT2D eigenvalue weighted by atomic mass is 16.6. The molecule has 0 radical (unpaired) electrons. The van der Waals surface area contributed by atoms with Gasteiger partial charge in [0.1, 0.15) is 23.2 Å². The number of nitrogens with zero attached hydrogens (tertiary/aromatic N) is 1. The minimum atomic E-state index is -0.775. The molecule has 0 saturated carbocycles. The summed E-state index contributed by atoms with van der Waals surface area (Å²) in [5, 5.41) is 17.6. The molecule has 2 heterocycles. The standard InChI is InChI=1S/C28H25N3O6/c1-16-8-3-5-10-19(16)30-28(33)37-27-17(2)29-20-11-7-13-22(32)25(20)26(27)24-15-14-23(36-24)18-9-4-6-12-21(18)31(34)35/h3-6,8-10,12,14-15,26,29H,7,11,13H2,1-2H3,(H,30,33). The Kier molecular flexibility index (Phi) is 6.35. The van der Waals surface area contributed by atoms with Crippen molar-refractivity contribution in [3.63, 3.8) is 0 Å². The molecule has 37 heavy (non-hydrogen) atoms. The highest BCUT2D eigenvalue weighted by molar-refractivity contribution is 5.99. The number of para-hydroxylation sites is 2. The molecule has 0 bridgehead atoms. The first-order valence-electron chi connectivity index (χ1n) is 12.0. The average molecular weight is 500 g/mol. The number of nitro groups is 1. The Morgan fingerprint density at radius 3 is 2.62 bits per heavy atom. The first-order valence-corrected chi connectivity index (χ1v) is 12.0. The number of amides is 1. The summed E-state index contributed by atoms with van der Waals surface area (Å²) in [5.41, 5.74) is 3.54. The van der Waals surface area contributed by atoms with Crippen LogP contribution < -0.4 is 10.6 Å². The van der Waals surface area contributed by atoms with Crippen LogP contribution in [0.25, 0.3) is 11.3 Å². The van der Waals surface area contributed by atoms with E-state index < -0.39 is 16.9 Å². The molecule has 1 unspecified atom stereocenters. The van der Waals surface area contributed by atoms with Crippen molar-refractivity contribution in [1.82, 2.24) is 5.32 Å². The van der Waals surface area contributed by atoms with Crippen molar-refractivity contribution in [2.75, 3.05) is 5.32 Å². The van der Waals surface area contributed by atoms with E-state index in [1.807, 2.05) is 25.1 Å². The normalized spacial score (nSPS) is 17.2. The van der Waals surface area contributed by atoms with E-state index in [1.165, 1.54) is 6.07 Å². The van der Waals surface area contributed by atoms with Crippen LogP contribution >= 0.6 is 0 Å². The van der Waals surface area contributed by atoms with Crippen molar-refractivity contribution in [2.24, 2.45) is 0 Å². The molecule has 188 valence electrons. The minimum absolute atomic E-state index is 0.0599. The number of nitrogens with one attached hydrogen (secondary N) is 2. The first kappa shape index (κ1) is 24.1. The number of dihydropyridines is 1. The number of furan rings is 1. The van der Waals surface area contributed by atoms with E-state index in [2.05, 4.69) is 10.6 Å². The lowest BCUT2D eigenvalue weighted by molar-refractivity contribution is -0.384. The monoisotopic (exact) mass is 499 g/mol. The minimum Gasteiger partial charge on any atom is -0.460 e. The summed E-state index contributed by atoms with van der Waals surface area (Å²) in [5.74, 6) is 0.0464. The van der Waals surface area contributed by atoms with Crippen LogP contribution in [-0.4, -0.2) is 16.8 Å². The second kappa shape index (κ2) is 9.77. The summed E-state index contributed by atoms with van der Waals surface area (Å²) >= 11 is 0. The number of benzene rings is 2. The molecule has 0 saturated heterocycles. The molecular weight excluding hydrogens is 474 g/mol. The van der Waals surface area contributed by atoms with Gasteiger partial charge in [0.25, 0.3) is 5.69 Å². The van der Waals surface area contributed by atoms with Gasteiger partial charge in [-0.1, -0.05) is 30.3 Å². The summed E-state index contributed by atoms with van der Waals surface area (Å²) in [6, 6.07) is 16.9. The smallest absolute Gasteiger partial charge is 0.416 e. The maximum Gasteiger partial charge on any atom is 0.416 e. The lowest BCUT2D eigenvalue weighted by atomic mass is 9.81. The average Bonchev–Trinajstić information content (AvgIpc) is 3.36. The lowest BCUT2D eigenvalue weighted by Gasteiger charge is -2.33. The van der Waals surface area contributed by atoms with E-state index in [-0.39, 0.29) is 23.0 Å². The number of carbonyl (C=O) groups is 2. The van der Waals surface area contributed by atoms with E-state index in [0.717, 1.165) is 11.3 Å². The van der Waals surface area contributed by atoms with Crippen LogP contribution in [-0.2, 0) is 9.53 Å². The Balaban J connectivity index is 1.53. The van der Waals surface area contributed by atoms with Gasteiger partial charge in [-0.25, -0.2) is 4.79 Å². The van der Waals surface area contributed by atoms with Gasteiger partial charge in [0.15, 0.2) is 5.78 Å². The zero-order chi connectivity index (χ0) is 26.1. The van der Waals surface area contributed by atoms with Crippen molar-refractivity contribution < 1.29 is 23.7 Å². The summed E-state index contributed by atoms with van der Waals surface area (Å²) in [6.07, 6.45) is 1.06. The van der Waals surface area contributed by atoms with Gasteiger partial charge in [-0.15, -0.1) is 0 Å². The first-order chi connectivity index (χ1) is 17.8. The third-order valence-corrected chi connectivity index (χ3v) is 6.58. The van der Waals surface area contributed by atoms with Crippen molar-refractivity contribution >= 4 is 23.3 Å². The summed E-state index contributed by atoms with van der Waals surface area (Å²) in [4.78, 5) is 37.1. The summed E-state index contributed by atoms with van der Waals surface area (Å²) in [6.45, 7) is 3.65. The van der Waals surface area contributed by atoms with Crippen LogP contribution in [0.1, 0.15) is 43.4 Å². The molecule has 2 aliphatic rings. The molecule has 9 heteroatoms. The van der Waals surface area contributed by atoms with Crippen molar-refractivity contribution in [3.05, 3.63) is 105 Å². The van der Waals surface area contributed by atoms with E-state index in [4.69, 9.17) is 9.15 Å². The molecule has 1 amide bonds. The molecular formula is C28H25N3O6. The fraction of sp³-hybridized carbons (Fsp3) is 0.214. The Hall–Kier alpha value is -4.66. The highest BCUT2D eigenvalue weighted by Crippen LogP contribution is 2.44. The Morgan fingerprint density at radius 2 is 1.84 bits per heavy atom. The quantitative estimate of drug-likeness (QED) is 0.310. The van der Waals surface area contributed by atoms with E-state index >= 15 is 0 Å². The molecule has 0 fully saturated rings. The SMILES string of the molecule is CC1=C(OC(=O)Nc2ccccc2C)C(c2ccc(-c3ccccc3[N+](=O)[O-])o2)C2=C(CCCC2=O)N1. The number of Topliss-reactive ketones (excluding diaryl/α,β-unsaturated/α-hetero) is 1. The van der Waals surface area contributed by atoms with Crippen LogP contribution in [0.5, 0.6) is 0 Å². The molecule has 1 aliphatic heterocycles. The number of carbonyl (C=O) groups excluding carboxylic acids is 2. The molecule has 1 aromatic heterocycles. The van der Waals surface area contributed by atoms with Gasteiger partial charge in [0.05, 0.1) is 16.2 Å². The van der Waals surface area contributed by atoms with E-state index in [0.29, 0.717) is 47.5 Å². The van der Waals surface area contributed by atoms with Gasteiger partial charge >= 0.3 is 6.09 Å². The number of rotatable bonds is 5. The fourth-order valence-electron chi connectivity index (χ4n) is 4.81. The van der Waals surface area contributed by atoms with E-state index in [1.54, 1.807) is 43.3 Å². The van der Waals surface area contributed by atoms with Crippen LogP contribution in [0.2, 0.25) is 0 Å². The number of allylic oxidation sites excluding steroid dienone is 3. The zero-order valence-corrected chi connectivity index (χ0v) is 20.4. The van der Waals surface area contributed by atoms with Crippen molar-refractivity contribution in [2.45, 2.75) is 39.0 Å². The number of hydrogen-bond donors (Lipinski definition) is 2. The molecule has 3 aromatic rings. The zero-order valence-electron chi connectivity index (χ0n) is 20.4. The van der Waals surface area contributed by atoms with Gasteiger partial charge in [-0.2, -0.15) is 0 Å². The number of ketones is 1. The largest absolute Gasteiger partial charge is 0.460 e. The number of ether oxygens (including phenoxy) is 1. The van der Waals surface area contributed by atoms with Gasteiger partial charge in [-0.05, 0) is 56.5 Å². The van der Waals surface area contributed by atoms with Crippen molar-refractivity contribution in [3.8, 4) is 11.3 Å². The molecule has 1 aliphatic carbocycles. The predicted molar refractivity (Wildman–Crippen MR) is 137 cm³/mol. The van der Waals surface area contributed by atoms with Crippen LogP contribution in [0.3, 0.4) is 0 Å². The molecule has 2 N–H and O–H groups in total. The molecule has 5 rings (SSSR count). The highest BCUT2D eigenvalue weighted by Gasteiger charge is 2.40. The molecule has 9 nitrogen and oxygen atoms in total. The summed E-state index contributed by atoms with van der Waals surface area (Å²) < 4.78 is 11.9. The van der Waals surface area contributed by atoms with Gasteiger partial charge in [0.2, 0.25) is 0 Å². The molecule has 0 spiro atoms. The number of anilines is 1. The number of aryl methyl sites for hydroxylation is 1.